The lowest BCUT2D eigenvalue weighted by Crippen LogP contribution is -2.36. The number of carbonyl (C=O) groups is 1. The number of hydrogen-bond acceptors (Lipinski definition) is 4. The maximum absolute atomic E-state index is 12.3. The fourth-order valence-corrected chi connectivity index (χ4v) is 2.11. The van der Waals surface area contributed by atoms with Gasteiger partial charge in [-0.2, -0.15) is 0 Å². The Bertz CT molecular complexity index is 526. The van der Waals surface area contributed by atoms with Crippen molar-refractivity contribution in [2.24, 2.45) is 5.92 Å². The Balaban J connectivity index is 2.26. The van der Waals surface area contributed by atoms with Crippen LogP contribution >= 0.6 is 0 Å². The third-order valence-electron chi connectivity index (χ3n) is 3.71. The van der Waals surface area contributed by atoms with Gasteiger partial charge in [0.05, 0.1) is 10.5 Å². The van der Waals surface area contributed by atoms with Crippen LogP contribution in [0.25, 0.3) is 0 Å². The first-order valence-electron chi connectivity index (χ1n) is 6.23. The topological polar surface area (TPSA) is 89.5 Å². The summed E-state index contributed by atoms with van der Waals surface area (Å²) in [6, 6.07) is 4.08. The number of nitro groups is 1. The van der Waals surface area contributed by atoms with E-state index in [1.807, 2.05) is 6.92 Å². The Morgan fingerprint density at radius 3 is 2.68 bits per heavy atom. The van der Waals surface area contributed by atoms with Gasteiger partial charge in [0, 0.05) is 30.9 Å². The second-order valence-corrected chi connectivity index (χ2v) is 5.02. The Kier molecular flexibility index (Phi) is 3.42. The molecule has 1 aromatic carbocycles. The Morgan fingerprint density at radius 1 is 1.53 bits per heavy atom. The molecule has 2 rings (SSSR count). The standard InChI is InChI=1S/C13H17N3O3/c1-8(9-3-4-9)15(2)13(17)11-7-10(16(18)19)5-6-12(11)14/h5-9H,3-4,14H2,1-2H3. The van der Waals surface area contributed by atoms with Gasteiger partial charge in [0.25, 0.3) is 11.6 Å². The maximum Gasteiger partial charge on any atom is 0.270 e. The van der Waals surface area contributed by atoms with Gasteiger partial charge in [-0.15, -0.1) is 0 Å². The van der Waals surface area contributed by atoms with E-state index in [1.54, 1.807) is 11.9 Å². The normalized spacial score (nSPS) is 15.9. The van der Waals surface area contributed by atoms with Gasteiger partial charge in [-0.25, -0.2) is 0 Å². The van der Waals surface area contributed by atoms with Gasteiger partial charge in [0.1, 0.15) is 0 Å². The lowest BCUT2D eigenvalue weighted by atomic mass is 10.1. The average molecular weight is 263 g/mol. The monoisotopic (exact) mass is 263 g/mol. The summed E-state index contributed by atoms with van der Waals surface area (Å²) in [5.74, 6) is 0.273. The van der Waals surface area contributed by atoms with E-state index in [-0.39, 0.29) is 28.9 Å². The van der Waals surface area contributed by atoms with E-state index in [0.29, 0.717) is 5.92 Å². The summed E-state index contributed by atoms with van der Waals surface area (Å²) >= 11 is 0. The largest absolute Gasteiger partial charge is 0.398 e. The summed E-state index contributed by atoms with van der Waals surface area (Å²) in [4.78, 5) is 24.2. The molecule has 0 saturated heterocycles. The molecule has 0 heterocycles. The highest BCUT2D eigenvalue weighted by Gasteiger charge is 2.33. The first-order chi connectivity index (χ1) is 8.91. The summed E-state index contributed by atoms with van der Waals surface area (Å²) < 4.78 is 0. The van der Waals surface area contributed by atoms with Crippen LogP contribution in [0.1, 0.15) is 30.1 Å². The molecule has 1 aliphatic carbocycles. The zero-order chi connectivity index (χ0) is 14.2. The molecule has 0 bridgehead atoms. The molecule has 6 nitrogen and oxygen atoms in total. The highest BCUT2D eigenvalue weighted by Crippen LogP contribution is 2.35. The third kappa shape index (κ3) is 2.67. The minimum Gasteiger partial charge on any atom is -0.398 e. The number of benzene rings is 1. The minimum atomic E-state index is -0.527. The molecule has 2 N–H and O–H groups in total. The van der Waals surface area contributed by atoms with Crippen LogP contribution < -0.4 is 5.73 Å². The first-order valence-corrected chi connectivity index (χ1v) is 6.23. The van der Waals surface area contributed by atoms with Gasteiger partial charge in [-0.05, 0) is 31.7 Å². The molecule has 1 atom stereocenters. The number of nitrogen functional groups attached to an aromatic ring is 1. The molecule has 1 unspecified atom stereocenters. The van der Waals surface area contributed by atoms with Crippen molar-refractivity contribution in [1.29, 1.82) is 0 Å². The molecule has 1 saturated carbocycles. The number of anilines is 1. The Morgan fingerprint density at radius 2 is 2.16 bits per heavy atom. The van der Waals surface area contributed by atoms with Crippen LogP contribution in [-0.4, -0.2) is 28.8 Å². The molecule has 0 aliphatic heterocycles. The van der Waals surface area contributed by atoms with Crippen molar-refractivity contribution in [1.82, 2.24) is 4.90 Å². The summed E-state index contributed by atoms with van der Waals surface area (Å²) in [6.07, 6.45) is 2.26. The molecule has 0 spiro atoms. The second-order valence-electron chi connectivity index (χ2n) is 5.02. The number of non-ortho nitro benzene ring substituents is 1. The van der Waals surface area contributed by atoms with Crippen LogP contribution in [0.3, 0.4) is 0 Å². The Hall–Kier alpha value is -2.11. The quantitative estimate of drug-likeness (QED) is 0.511. The number of rotatable bonds is 4. The van der Waals surface area contributed by atoms with Crippen molar-refractivity contribution in [3.8, 4) is 0 Å². The van der Waals surface area contributed by atoms with Crippen LogP contribution in [0.15, 0.2) is 18.2 Å². The van der Waals surface area contributed by atoms with Gasteiger partial charge in [-0.3, -0.25) is 14.9 Å². The zero-order valence-corrected chi connectivity index (χ0v) is 11.0. The average Bonchev–Trinajstić information content (AvgIpc) is 3.20. The second kappa shape index (κ2) is 4.87. The highest BCUT2D eigenvalue weighted by molar-refractivity contribution is 5.99. The van der Waals surface area contributed by atoms with Gasteiger partial charge >= 0.3 is 0 Å². The van der Waals surface area contributed by atoms with Crippen molar-refractivity contribution < 1.29 is 9.72 Å². The molecule has 1 fully saturated rings. The van der Waals surface area contributed by atoms with Crippen molar-refractivity contribution in [3.63, 3.8) is 0 Å². The molecule has 1 aromatic rings. The van der Waals surface area contributed by atoms with Crippen molar-refractivity contribution >= 4 is 17.3 Å². The third-order valence-corrected chi connectivity index (χ3v) is 3.71. The minimum absolute atomic E-state index is 0.120. The summed E-state index contributed by atoms with van der Waals surface area (Å²) in [6.45, 7) is 1.99. The highest BCUT2D eigenvalue weighted by atomic mass is 16.6. The van der Waals surface area contributed by atoms with Crippen molar-refractivity contribution in [2.75, 3.05) is 12.8 Å². The van der Waals surface area contributed by atoms with E-state index in [0.717, 1.165) is 12.8 Å². The van der Waals surface area contributed by atoms with Crippen LogP contribution in [-0.2, 0) is 0 Å². The Labute approximate surface area is 111 Å². The summed E-state index contributed by atoms with van der Waals surface area (Å²) in [5.41, 5.74) is 6.10. The molecule has 1 aliphatic rings. The number of amides is 1. The molecule has 19 heavy (non-hydrogen) atoms. The van der Waals surface area contributed by atoms with E-state index in [2.05, 4.69) is 0 Å². The maximum atomic E-state index is 12.3. The van der Waals surface area contributed by atoms with Gasteiger partial charge < -0.3 is 10.6 Å². The first kappa shape index (κ1) is 13.3. The number of hydrogen-bond donors (Lipinski definition) is 1. The van der Waals surface area contributed by atoms with E-state index in [4.69, 9.17) is 5.73 Å². The predicted octanol–water partition coefficient (Wildman–Crippen LogP) is 2.05. The summed E-state index contributed by atoms with van der Waals surface area (Å²) in [7, 11) is 1.71. The molecule has 1 amide bonds. The SMILES string of the molecule is CC(C1CC1)N(C)C(=O)c1cc([N+](=O)[O-])ccc1N. The molecule has 0 radical (unpaired) electrons. The van der Waals surface area contributed by atoms with Crippen LogP contribution in [0, 0.1) is 16.0 Å². The smallest absolute Gasteiger partial charge is 0.270 e. The predicted molar refractivity (Wildman–Crippen MR) is 71.8 cm³/mol. The molecule has 102 valence electrons. The van der Waals surface area contributed by atoms with E-state index in [9.17, 15) is 14.9 Å². The van der Waals surface area contributed by atoms with Crippen LogP contribution in [0.4, 0.5) is 11.4 Å². The summed E-state index contributed by atoms with van der Waals surface area (Å²) in [5, 5.41) is 10.7. The van der Waals surface area contributed by atoms with Gasteiger partial charge in [0.15, 0.2) is 0 Å². The van der Waals surface area contributed by atoms with Crippen molar-refractivity contribution in [3.05, 3.63) is 33.9 Å². The van der Waals surface area contributed by atoms with Gasteiger partial charge in [-0.1, -0.05) is 0 Å². The molecular weight excluding hydrogens is 246 g/mol. The molecule has 0 aromatic heterocycles. The van der Waals surface area contributed by atoms with E-state index < -0.39 is 4.92 Å². The van der Waals surface area contributed by atoms with E-state index in [1.165, 1.54) is 18.2 Å². The van der Waals surface area contributed by atoms with Crippen LogP contribution in [0.5, 0.6) is 0 Å². The lowest BCUT2D eigenvalue weighted by Gasteiger charge is -2.25. The molecule has 6 heteroatoms. The fraction of sp³-hybridized carbons (Fsp3) is 0.462. The van der Waals surface area contributed by atoms with Crippen LogP contribution in [0.2, 0.25) is 0 Å². The zero-order valence-electron chi connectivity index (χ0n) is 11.0. The van der Waals surface area contributed by atoms with Gasteiger partial charge in [0.2, 0.25) is 0 Å². The number of nitro benzene ring substituents is 1. The molecular formula is C13H17N3O3. The number of nitrogens with zero attached hydrogens (tertiary/aromatic N) is 2. The number of nitrogens with two attached hydrogens (primary N) is 1. The lowest BCUT2D eigenvalue weighted by molar-refractivity contribution is -0.384. The fourth-order valence-electron chi connectivity index (χ4n) is 2.11. The number of carbonyl (C=O) groups excluding carboxylic acids is 1. The van der Waals surface area contributed by atoms with E-state index >= 15 is 0 Å². The van der Waals surface area contributed by atoms with Crippen molar-refractivity contribution in [2.45, 2.75) is 25.8 Å².